The van der Waals surface area contributed by atoms with Gasteiger partial charge in [0.15, 0.2) is 5.78 Å². The van der Waals surface area contributed by atoms with Crippen LogP contribution in [0.5, 0.6) is 0 Å². The summed E-state index contributed by atoms with van der Waals surface area (Å²) in [5.74, 6) is 0.409. The van der Waals surface area contributed by atoms with Gasteiger partial charge >= 0.3 is 0 Å². The highest BCUT2D eigenvalue weighted by atomic mass is 35.5. The smallest absolute Gasteiger partial charge is 0.162 e. The lowest BCUT2D eigenvalue weighted by molar-refractivity contribution is 0.0972. The standard InChI is InChI=1S/C23H25FN2O.ClH/c24-19-9-7-18(8-10-19)23(27)6-3-13-26-14-11-17(12-15-26)21-16-25-22-5-2-1-4-20(21)22;/h1-2,4-5,7-10,16-17,25H,3,6,11-15H2;1H. The Morgan fingerprint density at radius 1 is 1.07 bits per heavy atom. The molecule has 1 aliphatic heterocycles. The molecule has 1 saturated heterocycles. The molecule has 1 N–H and O–H groups in total. The van der Waals surface area contributed by atoms with Crippen LogP contribution in [0.4, 0.5) is 4.39 Å². The normalized spacial score (nSPS) is 15.5. The number of nitrogens with one attached hydrogen (secondary N) is 1. The zero-order valence-corrected chi connectivity index (χ0v) is 16.7. The number of para-hydroxylation sites is 1. The summed E-state index contributed by atoms with van der Waals surface area (Å²) in [7, 11) is 0. The summed E-state index contributed by atoms with van der Waals surface area (Å²) in [6.07, 6.45) is 5.87. The van der Waals surface area contributed by atoms with Gasteiger partial charge in [0, 0.05) is 29.1 Å². The van der Waals surface area contributed by atoms with Gasteiger partial charge in [-0.15, -0.1) is 12.4 Å². The van der Waals surface area contributed by atoms with Gasteiger partial charge in [0.1, 0.15) is 5.82 Å². The number of rotatable bonds is 6. The molecule has 0 amide bonds. The van der Waals surface area contributed by atoms with Crippen molar-refractivity contribution in [3.63, 3.8) is 0 Å². The zero-order chi connectivity index (χ0) is 18.6. The van der Waals surface area contributed by atoms with E-state index in [9.17, 15) is 9.18 Å². The summed E-state index contributed by atoms with van der Waals surface area (Å²) in [4.78, 5) is 18.0. The van der Waals surface area contributed by atoms with Crippen molar-refractivity contribution in [3.05, 3.63) is 71.7 Å². The van der Waals surface area contributed by atoms with Crippen LogP contribution >= 0.6 is 12.4 Å². The molecule has 1 aromatic heterocycles. The topological polar surface area (TPSA) is 36.1 Å². The molecule has 28 heavy (non-hydrogen) atoms. The molecule has 0 aliphatic carbocycles. The minimum absolute atomic E-state index is 0. The lowest BCUT2D eigenvalue weighted by Gasteiger charge is -2.31. The maximum Gasteiger partial charge on any atom is 0.162 e. The molecular formula is C23H26ClFN2O. The number of likely N-dealkylation sites (tertiary alicyclic amines) is 1. The van der Waals surface area contributed by atoms with Gasteiger partial charge in [-0.2, -0.15) is 0 Å². The lowest BCUT2D eigenvalue weighted by Crippen LogP contribution is -2.33. The highest BCUT2D eigenvalue weighted by Crippen LogP contribution is 2.33. The largest absolute Gasteiger partial charge is 0.361 e. The van der Waals surface area contributed by atoms with E-state index in [2.05, 4.69) is 40.3 Å². The van der Waals surface area contributed by atoms with E-state index in [0.29, 0.717) is 17.9 Å². The van der Waals surface area contributed by atoms with Crippen LogP contribution in [0.15, 0.2) is 54.7 Å². The fourth-order valence-electron chi connectivity index (χ4n) is 4.14. The van der Waals surface area contributed by atoms with Crippen molar-refractivity contribution in [2.24, 2.45) is 0 Å². The number of nitrogens with zero attached hydrogens (tertiary/aromatic N) is 1. The first-order valence-electron chi connectivity index (χ1n) is 9.78. The predicted molar refractivity (Wildman–Crippen MR) is 114 cm³/mol. The number of piperidine rings is 1. The molecule has 1 aliphatic rings. The second-order valence-corrected chi connectivity index (χ2v) is 7.44. The van der Waals surface area contributed by atoms with Crippen LogP contribution < -0.4 is 0 Å². The Labute approximate surface area is 171 Å². The fourth-order valence-corrected chi connectivity index (χ4v) is 4.14. The highest BCUT2D eigenvalue weighted by Gasteiger charge is 2.22. The Morgan fingerprint density at radius 2 is 1.79 bits per heavy atom. The molecule has 148 valence electrons. The number of H-pyrrole nitrogens is 1. The van der Waals surface area contributed by atoms with Crippen LogP contribution in [-0.2, 0) is 0 Å². The van der Waals surface area contributed by atoms with Crippen molar-refractivity contribution in [1.82, 2.24) is 9.88 Å². The maximum atomic E-state index is 12.9. The average Bonchev–Trinajstić information content (AvgIpc) is 3.13. The Balaban J connectivity index is 0.00000225. The predicted octanol–water partition coefficient (Wildman–Crippen LogP) is 5.57. The van der Waals surface area contributed by atoms with Gasteiger partial charge in [-0.05, 0) is 80.7 Å². The average molecular weight is 401 g/mol. The van der Waals surface area contributed by atoms with Crippen LogP contribution in [0.25, 0.3) is 10.9 Å². The number of hydrogen-bond donors (Lipinski definition) is 1. The van der Waals surface area contributed by atoms with Crippen molar-refractivity contribution in [1.29, 1.82) is 0 Å². The van der Waals surface area contributed by atoms with E-state index in [1.54, 1.807) is 12.1 Å². The van der Waals surface area contributed by atoms with E-state index >= 15 is 0 Å². The Kier molecular flexibility index (Phi) is 6.87. The van der Waals surface area contributed by atoms with Crippen molar-refractivity contribution < 1.29 is 9.18 Å². The van der Waals surface area contributed by atoms with Crippen molar-refractivity contribution in [3.8, 4) is 0 Å². The Bertz CT molecular complexity index is 914. The molecule has 0 unspecified atom stereocenters. The molecule has 2 heterocycles. The zero-order valence-electron chi connectivity index (χ0n) is 15.9. The molecule has 4 rings (SSSR count). The molecule has 3 aromatic rings. The molecule has 2 aromatic carbocycles. The van der Waals surface area contributed by atoms with Crippen molar-refractivity contribution in [2.45, 2.75) is 31.6 Å². The maximum absolute atomic E-state index is 12.9. The second-order valence-electron chi connectivity index (χ2n) is 7.44. The van der Waals surface area contributed by atoms with E-state index < -0.39 is 0 Å². The summed E-state index contributed by atoms with van der Waals surface area (Å²) >= 11 is 0. The SMILES string of the molecule is Cl.O=C(CCCN1CCC(c2c[nH]c3ccccc23)CC1)c1ccc(F)cc1. The summed E-state index contributed by atoms with van der Waals surface area (Å²) in [6.45, 7) is 3.11. The molecule has 0 bridgehead atoms. The monoisotopic (exact) mass is 400 g/mol. The van der Waals surface area contributed by atoms with E-state index in [1.165, 1.54) is 28.6 Å². The number of aromatic amines is 1. The minimum Gasteiger partial charge on any atom is -0.361 e. The summed E-state index contributed by atoms with van der Waals surface area (Å²) in [6, 6.07) is 14.4. The van der Waals surface area contributed by atoms with Gasteiger partial charge in [0.05, 0.1) is 0 Å². The summed E-state index contributed by atoms with van der Waals surface area (Å²) in [5, 5.41) is 1.35. The van der Waals surface area contributed by atoms with Crippen molar-refractivity contribution in [2.75, 3.05) is 19.6 Å². The molecule has 5 heteroatoms. The number of halogens is 2. The third-order valence-corrected chi connectivity index (χ3v) is 5.69. The van der Waals surface area contributed by atoms with Crippen LogP contribution in [0.1, 0.15) is 47.5 Å². The van der Waals surface area contributed by atoms with Crippen LogP contribution in [0.3, 0.4) is 0 Å². The number of benzene rings is 2. The number of hydrogen-bond acceptors (Lipinski definition) is 2. The van der Waals surface area contributed by atoms with E-state index in [1.807, 2.05) is 0 Å². The van der Waals surface area contributed by atoms with Crippen LogP contribution in [0, 0.1) is 5.82 Å². The molecule has 0 spiro atoms. The first-order valence-corrected chi connectivity index (χ1v) is 9.78. The Hall–Kier alpha value is -2.17. The van der Waals surface area contributed by atoms with Gasteiger partial charge in [-0.25, -0.2) is 4.39 Å². The van der Waals surface area contributed by atoms with Gasteiger partial charge in [-0.3, -0.25) is 4.79 Å². The van der Waals surface area contributed by atoms with Gasteiger partial charge in [0.2, 0.25) is 0 Å². The molecule has 0 radical (unpaired) electrons. The van der Waals surface area contributed by atoms with Crippen molar-refractivity contribution >= 4 is 29.1 Å². The molecule has 1 fully saturated rings. The number of Topliss-reactive ketones (excluding diaryl/α,β-unsaturated/α-hetero) is 1. The van der Waals surface area contributed by atoms with Gasteiger partial charge in [-0.1, -0.05) is 18.2 Å². The third-order valence-electron chi connectivity index (χ3n) is 5.69. The fraction of sp³-hybridized carbons (Fsp3) is 0.348. The highest BCUT2D eigenvalue weighted by molar-refractivity contribution is 5.95. The number of aromatic nitrogens is 1. The summed E-state index contributed by atoms with van der Waals surface area (Å²) < 4.78 is 12.9. The van der Waals surface area contributed by atoms with E-state index in [0.717, 1.165) is 38.9 Å². The first kappa shape index (κ1) is 20.6. The number of ketones is 1. The first-order chi connectivity index (χ1) is 13.2. The van der Waals surface area contributed by atoms with E-state index in [-0.39, 0.29) is 24.0 Å². The molecule has 0 saturated carbocycles. The second kappa shape index (κ2) is 9.35. The Morgan fingerprint density at radius 3 is 2.54 bits per heavy atom. The molecule has 3 nitrogen and oxygen atoms in total. The van der Waals surface area contributed by atoms with Crippen LogP contribution in [0.2, 0.25) is 0 Å². The van der Waals surface area contributed by atoms with E-state index in [4.69, 9.17) is 0 Å². The number of fused-ring (bicyclic) bond motifs is 1. The summed E-state index contributed by atoms with van der Waals surface area (Å²) in [5.41, 5.74) is 3.26. The molecule has 0 atom stereocenters. The minimum atomic E-state index is -0.301. The van der Waals surface area contributed by atoms with Crippen LogP contribution in [-0.4, -0.2) is 35.3 Å². The van der Waals surface area contributed by atoms with Gasteiger partial charge < -0.3 is 9.88 Å². The lowest BCUT2D eigenvalue weighted by atomic mass is 9.89. The third kappa shape index (κ3) is 4.62. The number of carbonyl (C=O) groups excluding carboxylic acids is 1. The molecular weight excluding hydrogens is 375 g/mol. The quantitative estimate of drug-likeness (QED) is 0.549. The van der Waals surface area contributed by atoms with Gasteiger partial charge in [0.25, 0.3) is 0 Å². The number of carbonyl (C=O) groups is 1.